The summed E-state index contributed by atoms with van der Waals surface area (Å²) in [5, 5.41) is 0.686. The lowest BCUT2D eigenvalue weighted by molar-refractivity contribution is 0.0917. The zero-order valence-electron chi connectivity index (χ0n) is 17.3. The van der Waals surface area contributed by atoms with Crippen LogP contribution in [0.3, 0.4) is 0 Å². The average molecular weight is 411 g/mol. The van der Waals surface area contributed by atoms with Gasteiger partial charge in [-0.05, 0) is 68.5 Å². The number of carbonyl (C=O) groups excluding carboxylic acids is 1. The second kappa shape index (κ2) is 8.13. The molecule has 2 aromatic carbocycles. The molecular weight excluding hydrogens is 384 g/mol. The summed E-state index contributed by atoms with van der Waals surface area (Å²) in [6.07, 6.45) is 2.04. The van der Waals surface area contributed by atoms with Gasteiger partial charge < -0.3 is 9.47 Å². The largest absolute Gasteiger partial charge is 0.494 e. The van der Waals surface area contributed by atoms with E-state index in [1.165, 1.54) is 16.9 Å². The number of aromatic nitrogens is 1. The normalized spacial score (nSPS) is 16.3. The van der Waals surface area contributed by atoms with Crippen molar-refractivity contribution in [3.05, 3.63) is 52.6 Å². The van der Waals surface area contributed by atoms with Crippen LogP contribution in [0.1, 0.15) is 39.9 Å². The molecule has 29 heavy (non-hydrogen) atoms. The molecule has 0 N–H and O–H groups in total. The number of hydrogen-bond acceptors (Lipinski definition) is 5. The highest BCUT2D eigenvalue weighted by molar-refractivity contribution is 7.22. The third-order valence-electron chi connectivity index (χ3n) is 5.55. The summed E-state index contributed by atoms with van der Waals surface area (Å²) < 4.78 is 12.4. The fraction of sp³-hybridized carbons (Fsp3) is 0.391. The first-order valence-corrected chi connectivity index (χ1v) is 10.7. The number of methoxy groups -OCH3 is 1. The minimum Gasteiger partial charge on any atom is -0.494 e. The average Bonchev–Trinajstić information content (AvgIpc) is 3.38. The molecule has 1 atom stereocenters. The van der Waals surface area contributed by atoms with Gasteiger partial charge >= 0.3 is 0 Å². The number of aryl methyl sites for hydroxylation is 3. The van der Waals surface area contributed by atoms with Gasteiger partial charge in [-0.15, -0.1) is 0 Å². The van der Waals surface area contributed by atoms with E-state index >= 15 is 0 Å². The SMILES string of the molecule is COc1ccc(C)c2sc(N(CC3CCCO3)C(=O)c3ccc(C)c(C)c3)nc12. The summed E-state index contributed by atoms with van der Waals surface area (Å²) in [6.45, 7) is 7.40. The Labute approximate surface area is 175 Å². The van der Waals surface area contributed by atoms with Crippen molar-refractivity contribution in [2.45, 2.75) is 39.7 Å². The zero-order valence-corrected chi connectivity index (χ0v) is 18.1. The second-order valence-electron chi connectivity index (χ2n) is 7.61. The third-order valence-corrected chi connectivity index (χ3v) is 6.77. The maximum Gasteiger partial charge on any atom is 0.260 e. The van der Waals surface area contributed by atoms with Crippen LogP contribution in [0, 0.1) is 20.8 Å². The number of rotatable bonds is 5. The quantitative estimate of drug-likeness (QED) is 0.590. The van der Waals surface area contributed by atoms with Gasteiger partial charge in [0.2, 0.25) is 0 Å². The van der Waals surface area contributed by atoms with Crippen LogP contribution in [0.2, 0.25) is 0 Å². The summed E-state index contributed by atoms with van der Waals surface area (Å²) in [5.74, 6) is 0.683. The standard InChI is InChI=1S/C23H26N2O3S/c1-14-7-9-17(12-16(14)3)22(26)25(13-18-6-5-11-28-18)23-24-20-19(27-4)10-8-15(2)21(20)29-23/h7-10,12,18H,5-6,11,13H2,1-4H3. The first kappa shape index (κ1) is 19.9. The van der Waals surface area contributed by atoms with Gasteiger partial charge in [-0.3, -0.25) is 9.69 Å². The number of carbonyl (C=O) groups is 1. The van der Waals surface area contributed by atoms with Gasteiger partial charge in [0.05, 0.1) is 24.5 Å². The molecule has 4 rings (SSSR count). The van der Waals surface area contributed by atoms with Crippen LogP contribution in [-0.2, 0) is 4.74 Å². The maximum atomic E-state index is 13.5. The molecule has 1 aromatic heterocycles. The highest BCUT2D eigenvalue weighted by atomic mass is 32.1. The molecule has 0 radical (unpaired) electrons. The Balaban J connectivity index is 1.77. The van der Waals surface area contributed by atoms with E-state index in [1.54, 1.807) is 12.0 Å². The number of hydrogen-bond donors (Lipinski definition) is 0. The summed E-state index contributed by atoms with van der Waals surface area (Å²) in [6, 6.07) is 9.80. The number of benzene rings is 2. The maximum absolute atomic E-state index is 13.5. The highest BCUT2D eigenvalue weighted by Crippen LogP contribution is 2.37. The van der Waals surface area contributed by atoms with Crippen molar-refractivity contribution < 1.29 is 14.3 Å². The molecule has 0 spiro atoms. The van der Waals surface area contributed by atoms with Gasteiger partial charge in [0.25, 0.3) is 5.91 Å². The molecule has 6 heteroatoms. The molecule has 1 amide bonds. The van der Waals surface area contributed by atoms with Crippen molar-refractivity contribution in [2.75, 3.05) is 25.2 Å². The van der Waals surface area contributed by atoms with E-state index < -0.39 is 0 Å². The molecule has 152 valence electrons. The molecule has 0 aliphatic carbocycles. The molecule has 2 heterocycles. The van der Waals surface area contributed by atoms with Gasteiger partial charge in [0.1, 0.15) is 11.3 Å². The van der Waals surface area contributed by atoms with E-state index in [9.17, 15) is 4.79 Å². The number of amides is 1. The highest BCUT2D eigenvalue weighted by Gasteiger charge is 2.28. The predicted octanol–water partition coefficient (Wildman–Crippen LogP) is 5.06. The van der Waals surface area contributed by atoms with Crippen molar-refractivity contribution >= 4 is 32.6 Å². The van der Waals surface area contributed by atoms with Gasteiger partial charge in [-0.2, -0.15) is 0 Å². The zero-order chi connectivity index (χ0) is 20.5. The van der Waals surface area contributed by atoms with E-state index in [1.807, 2.05) is 37.3 Å². The first-order chi connectivity index (χ1) is 14.0. The summed E-state index contributed by atoms with van der Waals surface area (Å²) >= 11 is 1.53. The van der Waals surface area contributed by atoms with Crippen LogP contribution < -0.4 is 9.64 Å². The monoisotopic (exact) mass is 410 g/mol. The van der Waals surface area contributed by atoms with E-state index in [-0.39, 0.29) is 12.0 Å². The van der Waals surface area contributed by atoms with Crippen molar-refractivity contribution in [3.63, 3.8) is 0 Å². The fourth-order valence-electron chi connectivity index (χ4n) is 3.65. The lowest BCUT2D eigenvalue weighted by Gasteiger charge is -2.23. The number of thiazole rings is 1. The fourth-order valence-corrected chi connectivity index (χ4v) is 4.71. The molecule has 1 fully saturated rings. The Kier molecular flexibility index (Phi) is 5.56. The summed E-state index contributed by atoms with van der Waals surface area (Å²) in [5.41, 5.74) is 4.88. The molecule has 1 aliphatic heterocycles. The van der Waals surface area contributed by atoms with Gasteiger partial charge in [-0.1, -0.05) is 23.5 Å². The van der Waals surface area contributed by atoms with E-state index in [4.69, 9.17) is 14.5 Å². The Morgan fingerprint density at radius 3 is 2.69 bits per heavy atom. The van der Waals surface area contributed by atoms with Crippen molar-refractivity contribution in [1.82, 2.24) is 4.98 Å². The number of anilines is 1. The molecule has 3 aromatic rings. The first-order valence-electron chi connectivity index (χ1n) is 9.92. The third kappa shape index (κ3) is 3.87. The van der Waals surface area contributed by atoms with Crippen LogP contribution >= 0.6 is 11.3 Å². The molecule has 1 saturated heterocycles. The van der Waals surface area contributed by atoms with E-state index in [0.717, 1.165) is 46.5 Å². The number of ether oxygens (including phenoxy) is 2. The number of fused-ring (bicyclic) bond motifs is 1. The minimum atomic E-state index is -0.0423. The molecule has 0 bridgehead atoms. The van der Waals surface area contributed by atoms with Crippen molar-refractivity contribution in [2.24, 2.45) is 0 Å². The Morgan fingerprint density at radius 2 is 2.00 bits per heavy atom. The topological polar surface area (TPSA) is 51.7 Å². The Bertz CT molecular complexity index is 1050. The van der Waals surface area contributed by atoms with Crippen LogP contribution in [-0.4, -0.2) is 37.3 Å². The predicted molar refractivity (Wildman–Crippen MR) is 117 cm³/mol. The van der Waals surface area contributed by atoms with Crippen molar-refractivity contribution in [1.29, 1.82) is 0 Å². The molecule has 5 nitrogen and oxygen atoms in total. The smallest absolute Gasteiger partial charge is 0.260 e. The molecule has 1 unspecified atom stereocenters. The van der Waals surface area contributed by atoms with Crippen LogP contribution in [0.5, 0.6) is 5.75 Å². The molecule has 0 saturated carbocycles. The lowest BCUT2D eigenvalue weighted by atomic mass is 10.1. The Morgan fingerprint density at radius 1 is 1.21 bits per heavy atom. The number of nitrogens with zero attached hydrogens (tertiary/aromatic N) is 2. The molecular formula is C23H26N2O3S. The van der Waals surface area contributed by atoms with E-state index in [2.05, 4.69) is 13.8 Å². The van der Waals surface area contributed by atoms with Gasteiger partial charge in [0, 0.05) is 12.2 Å². The van der Waals surface area contributed by atoms with Gasteiger partial charge in [0.15, 0.2) is 5.13 Å². The van der Waals surface area contributed by atoms with Crippen LogP contribution in [0.15, 0.2) is 30.3 Å². The second-order valence-corrected chi connectivity index (χ2v) is 8.59. The van der Waals surface area contributed by atoms with Crippen molar-refractivity contribution in [3.8, 4) is 5.75 Å². The lowest BCUT2D eigenvalue weighted by Crippen LogP contribution is -2.37. The van der Waals surface area contributed by atoms with Crippen LogP contribution in [0.4, 0.5) is 5.13 Å². The summed E-state index contributed by atoms with van der Waals surface area (Å²) in [7, 11) is 1.65. The Hall–Kier alpha value is -2.44. The van der Waals surface area contributed by atoms with Gasteiger partial charge in [-0.25, -0.2) is 4.98 Å². The van der Waals surface area contributed by atoms with E-state index in [0.29, 0.717) is 17.2 Å². The minimum absolute atomic E-state index is 0.0421. The van der Waals surface area contributed by atoms with Crippen LogP contribution in [0.25, 0.3) is 10.2 Å². The summed E-state index contributed by atoms with van der Waals surface area (Å²) in [4.78, 5) is 20.1. The molecule has 1 aliphatic rings.